The minimum absolute atomic E-state index is 0.356. The molecule has 2 aliphatic rings. The van der Waals surface area contributed by atoms with E-state index in [2.05, 4.69) is 32.6 Å². The van der Waals surface area contributed by atoms with Gasteiger partial charge in [-0.3, -0.25) is 9.69 Å². The van der Waals surface area contributed by atoms with Crippen molar-refractivity contribution >= 4 is 5.78 Å². The Morgan fingerprint density at radius 1 is 1.20 bits per heavy atom. The molecule has 1 saturated heterocycles. The molecule has 0 N–H and O–H groups in total. The van der Waals surface area contributed by atoms with Crippen LogP contribution in [0.4, 0.5) is 0 Å². The number of hydrogen-bond acceptors (Lipinski definition) is 2. The molecule has 2 heteroatoms. The molecular formula is C13H23NO. The van der Waals surface area contributed by atoms with Gasteiger partial charge in [0.05, 0.1) is 0 Å². The average Bonchev–Trinajstić information content (AvgIpc) is 2.65. The van der Waals surface area contributed by atoms with Crippen LogP contribution in [-0.4, -0.2) is 29.8 Å². The molecule has 1 saturated carbocycles. The summed E-state index contributed by atoms with van der Waals surface area (Å²) < 4.78 is 0. The Morgan fingerprint density at radius 2 is 1.87 bits per heavy atom. The Morgan fingerprint density at radius 3 is 2.33 bits per heavy atom. The zero-order valence-electron chi connectivity index (χ0n) is 10.4. The van der Waals surface area contributed by atoms with Crippen LogP contribution in [0, 0.1) is 23.7 Å². The molecule has 1 unspecified atom stereocenters. The minimum atomic E-state index is 0.356. The number of nitrogens with zero attached hydrogens (tertiary/aromatic N) is 1. The molecule has 1 aliphatic carbocycles. The van der Waals surface area contributed by atoms with Crippen LogP contribution in [0.25, 0.3) is 0 Å². The molecule has 15 heavy (non-hydrogen) atoms. The van der Waals surface area contributed by atoms with E-state index < -0.39 is 0 Å². The molecule has 0 amide bonds. The highest BCUT2D eigenvalue weighted by molar-refractivity contribution is 5.86. The smallest absolute Gasteiger partial charge is 0.140 e. The van der Waals surface area contributed by atoms with Crippen molar-refractivity contribution in [3.05, 3.63) is 0 Å². The highest BCUT2D eigenvalue weighted by Crippen LogP contribution is 2.42. The number of carbonyl (C=O) groups excluding carboxylic acids is 1. The van der Waals surface area contributed by atoms with E-state index in [1.807, 2.05) is 0 Å². The third-order valence-corrected chi connectivity index (χ3v) is 4.29. The van der Waals surface area contributed by atoms with Crippen molar-refractivity contribution in [2.75, 3.05) is 13.1 Å². The Balaban J connectivity index is 2.03. The SMILES string of the molecule is CC(C)C1C[C@@H]2CN(C(C)C)C[C@@H]2C1=O. The first-order valence-corrected chi connectivity index (χ1v) is 6.28. The zero-order chi connectivity index (χ0) is 11.2. The standard InChI is InChI=1S/C13H23NO/c1-8(2)11-5-10-6-14(9(3)4)7-12(10)13(11)15/h8-12H,5-7H2,1-4H3/t10-,11?,12+/m1/s1. The molecule has 86 valence electrons. The van der Waals surface area contributed by atoms with E-state index in [0.29, 0.717) is 35.5 Å². The lowest BCUT2D eigenvalue weighted by molar-refractivity contribution is -0.125. The summed E-state index contributed by atoms with van der Waals surface area (Å²) in [7, 11) is 0. The highest BCUT2D eigenvalue weighted by Gasteiger charge is 2.48. The molecule has 1 heterocycles. The second kappa shape index (κ2) is 3.89. The first-order chi connectivity index (χ1) is 7.00. The van der Waals surface area contributed by atoms with Gasteiger partial charge in [-0.05, 0) is 32.1 Å². The van der Waals surface area contributed by atoms with E-state index in [1.54, 1.807) is 0 Å². The maximum absolute atomic E-state index is 12.2. The Kier molecular flexibility index (Phi) is 2.89. The van der Waals surface area contributed by atoms with Gasteiger partial charge in [-0.2, -0.15) is 0 Å². The molecule has 3 atom stereocenters. The van der Waals surface area contributed by atoms with Crippen LogP contribution in [0.1, 0.15) is 34.1 Å². The van der Waals surface area contributed by atoms with Crippen molar-refractivity contribution in [2.24, 2.45) is 23.7 Å². The van der Waals surface area contributed by atoms with Crippen LogP contribution < -0.4 is 0 Å². The van der Waals surface area contributed by atoms with Gasteiger partial charge in [0.25, 0.3) is 0 Å². The van der Waals surface area contributed by atoms with E-state index in [9.17, 15) is 4.79 Å². The van der Waals surface area contributed by atoms with Gasteiger partial charge in [0.15, 0.2) is 0 Å². The van der Waals surface area contributed by atoms with Gasteiger partial charge >= 0.3 is 0 Å². The summed E-state index contributed by atoms with van der Waals surface area (Å²) in [4.78, 5) is 14.6. The Bertz CT molecular complexity index is 259. The summed E-state index contributed by atoms with van der Waals surface area (Å²) in [5, 5.41) is 0. The van der Waals surface area contributed by atoms with Crippen LogP contribution in [0.5, 0.6) is 0 Å². The number of fused-ring (bicyclic) bond motifs is 1. The van der Waals surface area contributed by atoms with Crippen molar-refractivity contribution in [1.82, 2.24) is 4.90 Å². The Labute approximate surface area is 93.0 Å². The molecule has 2 rings (SSSR count). The number of likely N-dealkylation sites (tertiary alicyclic amines) is 1. The van der Waals surface area contributed by atoms with Gasteiger partial charge in [0.2, 0.25) is 0 Å². The summed E-state index contributed by atoms with van der Waals surface area (Å²) in [5.41, 5.74) is 0. The second-order valence-electron chi connectivity index (χ2n) is 5.90. The third kappa shape index (κ3) is 1.84. The maximum Gasteiger partial charge on any atom is 0.140 e. The zero-order valence-corrected chi connectivity index (χ0v) is 10.4. The first kappa shape index (κ1) is 11.1. The van der Waals surface area contributed by atoms with Crippen molar-refractivity contribution in [2.45, 2.75) is 40.2 Å². The van der Waals surface area contributed by atoms with Gasteiger partial charge in [-0.1, -0.05) is 13.8 Å². The van der Waals surface area contributed by atoms with Gasteiger partial charge in [0.1, 0.15) is 5.78 Å². The third-order valence-electron chi connectivity index (χ3n) is 4.29. The Hall–Kier alpha value is -0.370. The molecule has 0 aromatic heterocycles. The van der Waals surface area contributed by atoms with Gasteiger partial charge in [0, 0.05) is 31.0 Å². The van der Waals surface area contributed by atoms with E-state index >= 15 is 0 Å². The van der Waals surface area contributed by atoms with Crippen molar-refractivity contribution < 1.29 is 4.79 Å². The van der Waals surface area contributed by atoms with Crippen molar-refractivity contribution in [3.63, 3.8) is 0 Å². The molecule has 0 spiro atoms. The van der Waals surface area contributed by atoms with E-state index in [0.717, 1.165) is 19.5 Å². The molecule has 1 aliphatic heterocycles. The van der Waals surface area contributed by atoms with Gasteiger partial charge < -0.3 is 0 Å². The average molecular weight is 209 g/mol. The van der Waals surface area contributed by atoms with E-state index in [1.165, 1.54) is 0 Å². The van der Waals surface area contributed by atoms with Gasteiger partial charge in [-0.15, -0.1) is 0 Å². The molecule has 0 aromatic carbocycles. The fourth-order valence-electron chi connectivity index (χ4n) is 3.21. The topological polar surface area (TPSA) is 20.3 Å². The number of rotatable bonds is 2. The van der Waals surface area contributed by atoms with Crippen molar-refractivity contribution in [1.29, 1.82) is 0 Å². The number of Topliss-reactive ketones (excluding diaryl/α,β-unsaturated/α-hetero) is 1. The number of hydrogen-bond donors (Lipinski definition) is 0. The van der Waals surface area contributed by atoms with Crippen LogP contribution in [0.15, 0.2) is 0 Å². The summed E-state index contributed by atoms with van der Waals surface area (Å²) in [6, 6.07) is 0.598. The summed E-state index contributed by atoms with van der Waals surface area (Å²) in [5.74, 6) is 2.47. The largest absolute Gasteiger partial charge is 0.300 e. The predicted octanol–water partition coefficient (Wildman–Crippen LogP) is 2.19. The predicted molar refractivity (Wildman–Crippen MR) is 61.6 cm³/mol. The molecule has 2 nitrogen and oxygen atoms in total. The normalized spacial score (nSPS) is 36.9. The first-order valence-electron chi connectivity index (χ1n) is 6.28. The lowest BCUT2D eigenvalue weighted by Crippen LogP contribution is -2.31. The van der Waals surface area contributed by atoms with Crippen LogP contribution in [0.3, 0.4) is 0 Å². The summed E-state index contributed by atoms with van der Waals surface area (Å²) in [6.07, 6.45) is 1.14. The lowest BCUT2D eigenvalue weighted by atomic mass is 9.92. The second-order valence-corrected chi connectivity index (χ2v) is 5.90. The van der Waals surface area contributed by atoms with Crippen LogP contribution >= 0.6 is 0 Å². The van der Waals surface area contributed by atoms with Crippen molar-refractivity contribution in [3.8, 4) is 0 Å². The monoisotopic (exact) mass is 209 g/mol. The quantitative estimate of drug-likeness (QED) is 0.695. The minimum Gasteiger partial charge on any atom is -0.300 e. The highest BCUT2D eigenvalue weighted by atomic mass is 16.1. The van der Waals surface area contributed by atoms with E-state index in [4.69, 9.17) is 0 Å². The van der Waals surface area contributed by atoms with Gasteiger partial charge in [-0.25, -0.2) is 0 Å². The molecular weight excluding hydrogens is 186 g/mol. The fraction of sp³-hybridized carbons (Fsp3) is 0.923. The lowest BCUT2D eigenvalue weighted by Gasteiger charge is -2.23. The van der Waals surface area contributed by atoms with Crippen LogP contribution in [0.2, 0.25) is 0 Å². The fourth-order valence-corrected chi connectivity index (χ4v) is 3.21. The molecule has 0 aromatic rings. The molecule has 0 bridgehead atoms. The number of carbonyl (C=O) groups is 1. The molecule has 0 radical (unpaired) electrons. The molecule has 2 fully saturated rings. The maximum atomic E-state index is 12.2. The van der Waals surface area contributed by atoms with Crippen LogP contribution in [-0.2, 0) is 4.79 Å². The summed E-state index contributed by atoms with van der Waals surface area (Å²) >= 11 is 0. The number of ketones is 1. The summed E-state index contributed by atoms with van der Waals surface area (Å²) in [6.45, 7) is 11.0. The van der Waals surface area contributed by atoms with E-state index in [-0.39, 0.29) is 0 Å².